The van der Waals surface area contributed by atoms with Crippen LogP contribution in [-0.4, -0.2) is 18.0 Å². The van der Waals surface area contributed by atoms with Gasteiger partial charge in [-0.1, -0.05) is 42.5 Å². The van der Waals surface area contributed by atoms with Crippen molar-refractivity contribution in [2.24, 2.45) is 0 Å². The van der Waals surface area contributed by atoms with Gasteiger partial charge in [0, 0.05) is 12.6 Å². The van der Waals surface area contributed by atoms with Gasteiger partial charge in [0.05, 0.1) is 5.39 Å². The Bertz CT molecular complexity index is 994. The van der Waals surface area contributed by atoms with E-state index in [2.05, 4.69) is 5.32 Å². The third kappa shape index (κ3) is 3.97. The fourth-order valence-electron chi connectivity index (χ4n) is 2.41. The number of nitrogens with one attached hydrogen (secondary N) is 1. The minimum absolute atomic E-state index is 0.239. The highest BCUT2D eigenvalue weighted by Crippen LogP contribution is 2.13. The Morgan fingerprint density at radius 2 is 1.77 bits per heavy atom. The summed E-state index contributed by atoms with van der Waals surface area (Å²) in [5.41, 5.74) is 0.869. The lowest BCUT2D eigenvalue weighted by molar-refractivity contribution is -0.129. The molecule has 0 saturated carbocycles. The molecular weight excluding hydrogens is 334 g/mol. The lowest BCUT2D eigenvalue weighted by atomic mass is 10.2. The van der Waals surface area contributed by atoms with Gasteiger partial charge in [-0.05, 0) is 24.6 Å². The van der Waals surface area contributed by atoms with Crippen molar-refractivity contribution in [3.63, 3.8) is 0 Å². The lowest BCUT2D eigenvalue weighted by Crippen LogP contribution is -2.35. The topological polar surface area (TPSA) is 85.6 Å². The third-order valence-corrected chi connectivity index (χ3v) is 3.80. The first-order chi connectivity index (χ1) is 12.5. The predicted molar refractivity (Wildman–Crippen MR) is 95.7 cm³/mol. The van der Waals surface area contributed by atoms with E-state index in [1.165, 1.54) is 6.92 Å². The molecule has 0 aliphatic rings. The molecule has 0 radical (unpaired) electrons. The second-order valence-electron chi connectivity index (χ2n) is 5.72. The highest BCUT2D eigenvalue weighted by molar-refractivity contribution is 5.91. The molecule has 6 nitrogen and oxygen atoms in total. The van der Waals surface area contributed by atoms with Crippen LogP contribution in [0.25, 0.3) is 11.0 Å². The van der Waals surface area contributed by atoms with Gasteiger partial charge in [0.2, 0.25) is 5.76 Å². The Morgan fingerprint density at radius 1 is 1.08 bits per heavy atom. The fraction of sp³-hybridized carbons (Fsp3) is 0.150. The molecule has 132 valence electrons. The first-order valence-corrected chi connectivity index (χ1v) is 8.10. The van der Waals surface area contributed by atoms with Crippen LogP contribution in [-0.2, 0) is 16.1 Å². The Morgan fingerprint density at radius 3 is 2.54 bits per heavy atom. The SMILES string of the molecule is C[C@H](OC(=O)c1cc(=O)c2ccccc2o1)C(=O)NCc1ccccc1. The van der Waals surface area contributed by atoms with E-state index in [-0.39, 0.29) is 16.8 Å². The standard InChI is InChI=1S/C20H17NO5/c1-13(19(23)21-12-14-7-3-2-4-8-14)25-20(24)18-11-16(22)15-9-5-6-10-17(15)26-18/h2-11,13H,12H2,1H3,(H,21,23)/t13-/m0/s1. The summed E-state index contributed by atoms with van der Waals surface area (Å²) >= 11 is 0. The van der Waals surface area contributed by atoms with E-state index in [1.54, 1.807) is 24.3 Å². The van der Waals surface area contributed by atoms with Gasteiger partial charge in [-0.15, -0.1) is 0 Å². The number of fused-ring (bicyclic) bond motifs is 1. The van der Waals surface area contributed by atoms with E-state index in [9.17, 15) is 14.4 Å². The number of ether oxygens (including phenoxy) is 1. The summed E-state index contributed by atoms with van der Waals surface area (Å²) in [6.45, 7) is 1.78. The van der Waals surface area contributed by atoms with Crippen molar-refractivity contribution >= 4 is 22.8 Å². The smallest absolute Gasteiger partial charge is 0.375 e. The van der Waals surface area contributed by atoms with E-state index < -0.39 is 18.0 Å². The Balaban J connectivity index is 1.65. The van der Waals surface area contributed by atoms with Crippen molar-refractivity contribution in [3.8, 4) is 0 Å². The zero-order chi connectivity index (χ0) is 18.5. The summed E-state index contributed by atoms with van der Waals surface area (Å²) in [7, 11) is 0. The normalized spacial score (nSPS) is 11.7. The predicted octanol–water partition coefficient (Wildman–Crippen LogP) is 2.65. The van der Waals surface area contributed by atoms with Gasteiger partial charge in [0.25, 0.3) is 5.91 Å². The van der Waals surface area contributed by atoms with Crippen molar-refractivity contribution in [3.05, 3.63) is 82.2 Å². The maximum absolute atomic E-state index is 12.2. The largest absolute Gasteiger partial charge is 0.449 e. The molecule has 0 saturated heterocycles. The molecular formula is C20H17NO5. The minimum atomic E-state index is -1.03. The molecule has 1 N–H and O–H groups in total. The number of carbonyl (C=O) groups is 2. The van der Waals surface area contributed by atoms with Crippen LogP contribution in [0, 0.1) is 0 Å². The van der Waals surface area contributed by atoms with Crippen LogP contribution in [0.15, 0.2) is 69.9 Å². The number of hydrogen-bond acceptors (Lipinski definition) is 5. The van der Waals surface area contributed by atoms with Crippen LogP contribution in [0.5, 0.6) is 0 Å². The first-order valence-electron chi connectivity index (χ1n) is 8.10. The molecule has 1 amide bonds. The van der Waals surface area contributed by atoms with E-state index in [0.29, 0.717) is 11.9 Å². The maximum Gasteiger partial charge on any atom is 0.375 e. The van der Waals surface area contributed by atoms with Crippen molar-refractivity contribution in [2.45, 2.75) is 19.6 Å². The van der Waals surface area contributed by atoms with Gasteiger partial charge >= 0.3 is 5.97 Å². The van der Waals surface area contributed by atoms with Gasteiger partial charge < -0.3 is 14.5 Å². The van der Waals surface area contributed by atoms with E-state index in [0.717, 1.165) is 11.6 Å². The van der Waals surface area contributed by atoms with Crippen LogP contribution in [0.3, 0.4) is 0 Å². The Labute approximate surface area is 149 Å². The van der Waals surface area contributed by atoms with Crippen LogP contribution in [0.2, 0.25) is 0 Å². The average molecular weight is 351 g/mol. The molecule has 0 aliphatic carbocycles. The number of rotatable bonds is 5. The number of carbonyl (C=O) groups excluding carboxylic acids is 2. The number of para-hydroxylation sites is 1. The van der Waals surface area contributed by atoms with Crippen LogP contribution >= 0.6 is 0 Å². The van der Waals surface area contributed by atoms with E-state index in [4.69, 9.17) is 9.15 Å². The van der Waals surface area contributed by atoms with Gasteiger partial charge in [-0.2, -0.15) is 0 Å². The fourth-order valence-corrected chi connectivity index (χ4v) is 2.41. The van der Waals surface area contributed by atoms with Crippen LogP contribution in [0.1, 0.15) is 23.0 Å². The summed E-state index contributed by atoms with van der Waals surface area (Å²) in [4.78, 5) is 36.3. The third-order valence-electron chi connectivity index (χ3n) is 3.80. The molecule has 0 spiro atoms. The molecule has 0 bridgehead atoms. The van der Waals surface area contributed by atoms with Crippen LogP contribution < -0.4 is 10.7 Å². The summed E-state index contributed by atoms with van der Waals surface area (Å²) in [6, 6.07) is 17.0. The zero-order valence-electron chi connectivity index (χ0n) is 14.1. The van der Waals surface area contributed by atoms with Crippen molar-refractivity contribution in [2.75, 3.05) is 0 Å². The Kier molecular flexibility index (Phi) is 5.12. The van der Waals surface area contributed by atoms with Gasteiger partial charge in [0.1, 0.15) is 5.58 Å². The molecule has 3 aromatic rings. The highest BCUT2D eigenvalue weighted by Gasteiger charge is 2.21. The van der Waals surface area contributed by atoms with Gasteiger partial charge in [-0.25, -0.2) is 4.79 Å². The number of benzene rings is 2. The van der Waals surface area contributed by atoms with Gasteiger partial charge in [-0.3, -0.25) is 9.59 Å². The molecule has 0 unspecified atom stereocenters. The average Bonchev–Trinajstić information content (AvgIpc) is 2.66. The number of esters is 1. The second-order valence-corrected chi connectivity index (χ2v) is 5.72. The first kappa shape index (κ1) is 17.4. The second kappa shape index (κ2) is 7.65. The minimum Gasteiger partial charge on any atom is -0.449 e. The lowest BCUT2D eigenvalue weighted by Gasteiger charge is -2.13. The summed E-state index contributed by atoms with van der Waals surface area (Å²) in [6.07, 6.45) is -1.03. The van der Waals surface area contributed by atoms with Crippen molar-refractivity contribution in [1.82, 2.24) is 5.32 Å². The van der Waals surface area contributed by atoms with Crippen molar-refractivity contribution < 1.29 is 18.7 Å². The molecule has 1 aromatic heterocycles. The van der Waals surface area contributed by atoms with E-state index >= 15 is 0 Å². The number of amides is 1. The summed E-state index contributed by atoms with van der Waals surface area (Å²) < 4.78 is 10.5. The summed E-state index contributed by atoms with van der Waals surface area (Å²) in [5.74, 6) is -1.54. The molecule has 3 rings (SSSR count). The van der Waals surface area contributed by atoms with E-state index in [1.807, 2.05) is 30.3 Å². The molecule has 2 aromatic carbocycles. The summed E-state index contributed by atoms with van der Waals surface area (Å²) in [5, 5.41) is 3.06. The van der Waals surface area contributed by atoms with Crippen LogP contribution in [0.4, 0.5) is 0 Å². The maximum atomic E-state index is 12.2. The molecule has 1 atom stereocenters. The molecule has 0 aliphatic heterocycles. The van der Waals surface area contributed by atoms with Gasteiger partial charge in [0.15, 0.2) is 11.5 Å². The van der Waals surface area contributed by atoms with Crippen molar-refractivity contribution in [1.29, 1.82) is 0 Å². The molecule has 1 heterocycles. The monoisotopic (exact) mass is 351 g/mol. The quantitative estimate of drug-likeness (QED) is 0.714. The number of hydrogen-bond donors (Lipinski definition) is 1. The highest BCUT2D eigenvalue weighted by atomic mass is 16.6. The molecule has 6 heteroatoms. The molecule has 26 heavy (non-hydrogen) atoms. The zero-order valence-corrected chi connectivity index (χ0v) is 14.1. The molecule has 0 fully saturated rings. The Hall–Kier alpha value is -3.41.